The summed E-state index contributed by atoms with van der Waals surface area (Å²) in [5.74, 6) is 0. The van der Waals surface area contributed by atoms with E-state index in [9.17, 15) is 27.2 Å². The first-order chi connectivity index (χ1) is 8.12. The highest BCUT2D eigenvalue weighted by Gasteiger charge is 2.32. The molecule has 0 aliphatic carbocycles. The molecule has 0 spiro atoms. The van der Waals surface area contributed by atoms with Gasteiger partial charge in [0.25, 0.3) is 5.56 Å². The molecule has 9 heteroatoms. The van der Waals surface area contributed by atoms with E-state index >= 15 is 0 Å². The van der Waals surface area contributed by atoms with E-state index in [1.807, 2.05) is 0 Å². The second-order valence-corrected chi connectivity index (χ2v) is 3.46. The lowest BCUT2D eigenvalue weighted by Gasteiger charge is -2.12. The highest BCUT2D eigenvalue weighted by molar-refractivity contribution is 5.88. The van der Waals surface area contributed by atoms with Crippen LogP contribution in [0.2, 0.25) is 0 Å². The first-order valence-electron chi connectivity index (χ1n) is 4.61. The van der Waals surface area contributed by atoms with Crippen LogP contribution in [0.25, 0.3) is 0 Å². The third-order valence-electron chi connectivity index (χ3n) is 2.03. The Morgan fingerprint density at radius 2 is 2.00 bits per heavy atom. The predicted octanol–water partition coefficient (Wildman–Crippen LogP) is 1.75. The van der Waals surface area contributed by atoms with Gasteiger partial charge in [0.05, 0.1) is 5.56 Å². The minimum atomic E-state index is -4.67. The van der Waals surface area contributed by atoms with Gasteiger partial charge in [-0.05, 0) is 6.07 Å². The molecule has 0 atom stereocenters. The highest BCUT2D eigenvalue weighted by Crippen LogP contribution is 2.29. The fourth-order valence-electron chi connectivity index (χ4n) is 1.15. The number of anilines is 1. The first-order valence-corrected chi connectivity index (χ1v) is 4.61. The Kier molecular flexibility index (Phi) is 3.63. The molecular weight excluding hydrogens is 258 g/mol. The molecule has 0 aliphatic heterocycles. The van der Waals surface area contributed by atoms with Crippen LogP contribution in [0, 0.1) is 0 Å². The number of urea groups is 1. The van der Waals surface area contributed by atoms with Crippen LogP contribution < -0.4 is 10.9 Å². The van der Waals surface area contributed by atoms with Crippen LogP contribution >= 0.6 is 0 Å². The molecule has 1 aromatic heterocycles. The Morgan fingerprint density at radius 1 is 1.44 bits per heavy atom. The van der Waals surface area contributed by atoms with Crippen LogP contribution in [0.5, 0.6) is 0 Å². The van der Waals surface area contributed by atoms with Crippen molar-refractivity contribution in [1.29, 1.82) is 0 Å². The van der Waals surface area contributed by atoms with Crippen LogP contribution in [-0.4, -0.2) is 22.8 Å². The van der Waals surface area contributed by atoms with Gasteiger partial charge in [0.2, 0.25) is 0 Å². The van der Waals surface area contributed by atoms with E-state index in [0.717, 1.165) is 14.1 Å². The molecule has 100 valence electrons. The summed E-state index contributed by atoms with van der Waals surface area (Å²) < 4.78 is 50.5. The van der Waals surface area contributed by atoms with Crippen LogP contribution in [0.1, 0.15) is 5.56 Å². The summed E-state index contributed by atoms with van der Waals surface area (Å²) >= 11 is 0. The van der Waals surface area contributed by atoms with E-state index in [0.29, 0.717) is 16.8 Å². The van der Waals surface area contributed by atoms with Crippen molar-refractivity contribution in [3.8, 4) is 0 Å². The van der Waals surface area contributed by atoms with E-state index in [4.69, 9.17) is 0 Å². The number of alkyl halides is 3. The molecule has 18 heavy (non-hydrogen) atoms. The summed E-state index contributed by atoms with van der Waals surface area (Å²) in [5, 5.41) is 1.35. The van der Waals surface area contributed by atoms with Crippen molar-refractivity contribution in [2.24, 2.45) is 7.05 Å². The fraction of sp³-hybridized carbons (Fsp3) is 0.333. The molecular formula is C9H9F4N3O2. The molecule has 1 heterocycles. The molecule has 0 aromatic carbocycles. The van der Waals surface area contributed by atoms with Crippen LogP contribution in [0.3, 0.4) is 0 Å². The summed E-state index contributed by atoms with van der Waals surface area (Å²) in [6.07, 6.45) is -4.09. The number of halogens is 4. The molecule has 0 fully saturated rings. The molecule has 0 radical (unpaired) electrons. The third kappa shape index (κ3) is 2.99. The van der Waals surface area contributed by atoms with Crippen molar-refractivity contribution in [3.05, 3.63) is 28.2 Å². The number of nitrogens with one attached hydrogen (secondary N) is 1. The molecule has 0 saturated heterocycles. The summed E-state index contributed by atoms with van der Waals surface area (Å²) in [5.41, 5.74) is -2.65. The van der Waals surface area contributed by atoms with Crippen molar-refractivity contribution < 1.29 is 22.4 Å². The molecule has 2 amide bonds. The van der Waals surface area contributed by atoms with Crippen LogP contribution in [-0.2, 0) is 13.2 Å². The molecule has 0 aliphatic rings. The number of amides is 2. The number of hydrogen-bond donors (Lipinski definition) is 1. The Balaban J connectivity index is 3.24. The minimum absolute atomic E-state index is 0.389. The first kappa shape index (κ1) is 14.0. The predicted molar refractivity (Wildman–Crippen MR) is 54.6 cm³/mol. The van der Waals surface area contributed by atoms with Crippen LogP contribution in [0.4, 0.5) is 28.1 Å². The number of hydrogen-bond acceptors (Lipinski definition) is 2. The van der Waals surface area contributed by atoms with E-state index in [-0.39, 0.29) is 5.12 Å². The molecule has 0 bridgehead atoms. The number of aromatic nitrogens is 1. The number of pyridine rings is 1. The van der Waals surface area contributed by atoms with E-state index in [2.05, 4.69) is 0 Å². The van der Waals surface area contributed by atoms with Gasteiger partial charge in [-0.2, -0.15) is 18.3 Å². The quantitative estimate of drug-likeness (QED) is 0.622. The van der Waals surface area contributed by atoms with Gasteiger partial charge < -0.3 is 9.88 Å². The molecule has 0 saturated carbocycles. The average molecular weight is 267 g/mol. The Bertz CT molecular complexity index is 522. The maximum absolute atomic E-state index is 12.5. The highest BCUT2D eigenvalue weighted by atomic mass is 19.4. The Hall–Kier alpha value is -2.06. The van der Waals surface area contributed by atoms with Crippen molar-refractivity contribution in [3.63, 3.8) is 0 Å². The second kappa shape index (κ2) is 4.67. The standard InChI is InChI=1S/C9H9F4N3O2/c1-15-4-5(9(10,11)12)3-6(7(15)17)14-8(18)16(2)13/h3-4H,1-2H3,(H,14,18). The van der Waals surface area contributed by atoms with Gasteiger partial charge in [-0.25, -0.2) is 4.79 Å². The largest absolute Gasteiger partial charge is 0.417 e. The lowest BCUT2D eigenvalue weighted by Crippen LogP contribution is -2.30. The molecule has 1 N–H and O–H groups in total. The summed E-state index contributed by atoms with van der Waals surface area (Å²) in [4.78, 5) is 22.4. The van der Waals surface area contributed by atoms with Crippen molar-refractivity contribution in [2.75, 3.05) is 12.4 Å². The lowest BCUT2D eigenvalue weighted by molar-refractivity contribution is -0.138. The lowest BCUT2D eigenvalue weighted by atomic mass is 10.2. The summed E-state index contributed by atoms with van der Waals surface area (Å²) in [7, 11) is 1.83. The summed E-state index contributed by atoms with van der Waals surface area (Å²) in [6, 6.07) is -0.893. The number of aryl methyl sites for hydroxylation is 1. The van der Waals surface area contributed by atoms with Crippen LogP contribution in [0.15, 0.2) is 17.1 Å². The zero-order chi connectivity index (χ0) is 14.1. The zero-order valence-corrected chi connectivity index (χ0v) is 9.38. The van der Waals surface area contributed by atoms with Gasteiger partial charge in [0.15, 0.2) is 0 Å². The molecule has 0 unspecified atom stereocenters. The van der Waals surface area contributed by atoms with Gasteiger partial charge >= 0.3 is 12.2 Å². The maximum Gasteiger partial charge on any atom is 0.417 e. The second-order valence-electron chi connectivity index (χ2n) is 3.46. The number of nitrogens with zero attached hydrogens (tertiary/aromatic N) is 2. The van der Waals surface area contributed by atoms with E-state index in [1.165, 1.54) is 0 Å². The maximum atomic E-state index is 12.5. The molecule has 1 rings (SSSR count). The number of carbonyl (C=O) groups is 1. The van der Waals surface area contributed by atoms with Gasteiger partial charge in [-0.3, -0.25) is 4.79 Å². The number of rotatable bonds is 1. The monoisotopic (exact) mass is 267 g/mol. The Morgan fingerprint density at radius 3 is 2.44 bits per heavy atom. The van der Waals surface area contributed by atoms with Gasteiger partial charge in [0, 0.05) is 20.3 Å². The van der Waals surface area contributed by atoms with Gasteiger partial charge in [0.1, 0.15) is 5.69 Å². The SMILES string of the molecule is CN(F)C(=O)Nc1cc(C(F)(F)F)cn(C)c1=O. The van der Waals surface area contributed by atoms with E-state index < -0.39 is 29.0 Å². The fourth-order valence-corrected chi connectivity index (χ4v) is 1.15. The average Bonchev–Trinajstić information content (AvgIpc) is 2.22. The minimum Gasteiger partial charge on any atom is -0.316 e. The van der Waals surface area contributed by atoms with Crippen molar-refractivity contribution in [1.82, 2.24) is 9.69 Å². The smallest absolute Gasteiger partial charge is 0.316 e. The molecule has 5 nitrogen and oxygen atoms in total. The normalized spacial score (nSPS) is 11.2. The van der Waals surface area contributed by atoms with Gasteiger partial charge in [-0.1, -0.05) is 4.48 Å². The third-order valence-corrected chi connectivity index (χ3v) is 2.03. The van der Waals surface area contributed by atoms with Crippen molar-refractivity contribution in [2.45, 2.75) is 6.18 Å². The summed E-state index contributed by atoms with van der Waals surface area (Å²) in [6.45, 7) is 0. The zero-order valence-electron chi connectivity index (χ0n) is 9.38. The Labute approximate surface area is 98.6 Å². The topological polar surface area (TPSA) is 54.3 Å². The molecule has 1 aromatic rings. The van der Waals surface area contributed by atoms with E-state index in [1.54, 1.807) is 5.32 Å². The van der Waals surface area contributed by atoms with Gasteiger partial charge in [-0.15, -0.1) is 0 Å². The number of carbonyl (C=O) groups excluding carboxylic acids is 1. The van der Waals surface area contributed by atoms with Crippen molar-refractivity contribution >= 4 is 11.7 Å².